The first-order valence-electron chi connectivity index (χ1n) is 10.0. The number of rotatable bonds is 5. The average molecular weight is 453 g/mol. The SMILES string of the molecule is Cc1cc2ccccc2c(-c2c(S(=O)OC(C)C)c(C)cc3ccccc23)c1S(=O)O. The van der Waals surface area contributed by atoms with Gasteiger partial charge in [0.15, 0.2) is 22.2 Å². The lowest BCUT2D eigenvalue weighted by Gasteiger charge is -2.21. The Bertz CT molecular complexity index is 1360. The minimum Gasteiger partial charge on any atom is -0.302 e. The molecule has 4 aromatic rings. The van der Waals surface area contributed by atoms with E-state index in [4.69, 9.17) is 4.18 Å². The Morgan fingerprint density at radius 3 is 1.71 bits per heavy atom. The summed E-state index contributed by atoms with van der Waals surface area (Å²) < 4.78 is 41.9. The molecule has 2 atom stereocenters. The van der Waals surface area contributed by atoms with Crippen LogP contribution in [0.25, 0.3) is 32.7 Å². The first-order valence-corrected chi connectivity index (χ1v) is 12.2. The average Bonchev–Trinajstić information content (AvgIpc) is 2.71. The van der Waals surface area contributed by atoms with Crippen molar-refractivity contribution in [3.63, 3.8) is 0 Å². The lowest BCUT2D eigenvalue weighted by Crippen LogP contribution is -2.10. The summed E-state index contributed by atoms with van der Waals surface area (Å²) in [5, 5.41) is 3.63. The molecule has 0 bridgehead atoms. The van der Waals surface area contributed by atoms with Gasteiger partial charge in [0.05, 0.1) is 15.9 Å². The molecule has 4 rings (SSSR count). The summed E-state index contributed by atoms with van der Waals surface area (Å²) in [6.07, 6.45) is -0.236. The van der Waals surface area contributed by atoms with Crippen molar-refractivity contribution in [2.75, 3.05) is 0 Å². The van der Waals surface area contributed by atoms with Gasteiger partial charge in [-0.1, -0.05) is 60.7 Å². The van der Waals surface area contributed by atoms with Gasteiger partial charge in [0, 0.05) is 11.1 Å². The maximum absolute atomic E-state index is 13.4. The van der Waals surface area contributed by atoms with Crippen molar-refractivity contribution in [2.45, 2.75) is 43.6 Å². The molecule has 31 heavy (non-hydrogen) atoms. The van der Waals surface area contributed by atoms with Gasteiger partial charge < -0.3 is 4.55 Å². The van der Waals surface area contributed by atoms with Crippen LogP contribution in [0.5, 0.6) is 0 Å². The monoisotopic (exact) mass is 452 g/mol. The Morgan fingerprint density at radius 2 is 1.23 bits per heavy atom. The second kappa shape index (κ2) is 8.63. The fraction of sp³-hybridized carbons (Fsp3) is 0.200. The molecule has 4 nitrogen and oxygen atoms in total. The topological polar surface area (TPSA) is 63.6 Å². The van der Waals surface area contributed by atoms with Crippen molar-refractivity contribution < 1.29 is 17.2 Å². The van der Waals surface area contributed by atoms with Crippen LogP contribution >= 0.6 is 0 Å². The van der Waals surface area contributed by atoms with Gasteiger partial charge in [-0.3, -0.25) is 4.18 Å². The molecule has 0 saturated heterocycles. The van der Waals surface area contributed by atoms with Crippen LogP contribution in [0.4, 0.5) is 0 Å². The Labute approximate surface area is 187 Å². The zero-order valence-electron chi connectivity index (χ0n) is 17.8. The molecule has 0 aliphatic rings. The van der Waals surface area contributed by atoms with Crippen LogP contribution in [0, 0.1) is 13.8 Å². The van der Waals surface area contributed by atoms with E-state index in [2.05, 4.69) is 0 Å². The zero-order valence-corrected chi connectivity index (χ0v) is 19.5. The van der Waals surface area contributed by atoms with Gasteiger partial charge >= 0.3 is 0 Å². The van der Waals surface area contributed by atoms with E-state index >= 15 is 0 Å². The fourth-order valence-electron chi connectivity index (χ4n) is 4.10. The van der Waals surface area contributed by atoms with Crippen molar-refractivity contribution in [1.82, 2.24) is 0 Å². The molecular weight excluding hydrogens is 428 g/mol. The molecule has 0 saturated carbocycles. The van der Waals surface area contributed by atoms with Crippen LogP contribution in [-0.2, 0) is 26.3 Å². The molecule has 1 N–H and O–H groups in total. The van der Waals surface area contributed by atoms with Crippen LogP contribution in [0.3, 0.4) is 0 Å². The third kappa shape index (κ3) is 3.96. The second-order valence-corrected chi connectivity index (χ2v) is 9.84. The minimum absolute atomic E-state index is 0.236. The van der Waals surface area contributed by atoms with Crippen LogP contribution in [0.2, 0.25) is 0 Å². The smallest absolute Gasteiger partial charge is 0.190 e. The van der Waals surface area contributed by atoms with Crippen molar-refractivity contribution in [3.05, 3.63) is 71.8 Å². The number of benzene rings is 4. The maximum Gasteiger partial charge on any atom is 0.190 e. The van der Waals surface area contributed by atoms with Crippen molar-refractivity contribution >= 4 is 43.7 Å². The Balaban J connectivity index is 2.26. The Morgan fingerprint density at radius 1 is 0.774 bits per heavy atom. The lowest BCUT2D eigenvalue weighted by molar-refractivity contribution is 0.270. The van der Waals surface area contributed by atoms with Crippen LogP contribution < -0.4 is 0 Å². The van der Waals surface area contributed by atoms with Crippen molar-refractivity contribution in [2.24, 2.45) is 0 Å². The number of fused-ring (bicyclic) bond motifs is 2. The molecular formula is C25H24O4S2. The van der Waals surface area contributed by atoms with Gasteiger partial charge in [0.1, 0.15) is 0 Å². The zero-order chi connectivity index (χ0) is 22.3. The van der Waals surface area contributed by atoms with Gasteiger partial charge in [0.2, 0.25) is 0 Å². The van der Waals surface area contributed by atoms with E-state index in [1.54, 1.807) is 0 Å². The van der Waals surface area contributed by atoms with Gasteiger partial charge in [0.25, 0.3) is 0 Å². The van der Waals surface area contributed by atoms with E-state index < -0.39 is 22.2 Å². The Kier molecular flexibility index (Phi) is 6.08. The van der Waals surface area contributed by atoms with E-state index in [-0.39, 0.29) is 6.10 Å². The lowest BCUT2D eigenvalue weighted by atomic mass is 9.91. The summed E-state index contributed by atoms with van der Waals surface area (Å²) in [4.78, 5) is 0.868. The third-order valence-corrected chi connectivity index (χ3v) is 7.54. The predicted octanol–water partition coefficient (Wildman–Crippen LogP) is 6.31. The number of aryl methyl sites for hydroxylation is 2. The molecule has 0 aromatic heterocycles. The van der Waals surface area contributed by atoms with E-state index in [9.17, 15) is 13.0 Å². The highest BCUT2D eigenvalue weighted by Crippen LogP contribution is 2.44. The Hall–Kier alpha value is -2.38. The second-order valence-electron chi connectivity index (χ2n) is 7.87. The number of hydrogen-bond donors (Lipinski definition) is 1. The summed E-state index contributed by atoms with van der Waals surface area (Å²) in [5.41, 5.74) is 2.84. The molecule has 0 spiro atoms. The van der Waals surface area contributed by atoms with Crippen LogP contribution in [0.15, 0.2) is 70.5 Å². The summed E-state index contributed by atoms with van der Waals surface area (Å²) in [6, 6.07) is 19.5. The molecule has 0 radical (unpaired) electrons. The van der Waals surface area contributed by atoms with E-state index in [0.29, 0.717) is 26.5 Å². The largest absolute Gasteiger partial charge is 0.302 e. The summed E-state index contributed by atoms with van der Waals surface area (Å²) in [6.45, 7) is 7.41. The molecule has 0 aliphatic heterocycles. The summed E-state index contributed by atoms with van der Waals surface area (Å²) in [5.74, 6) is 0. The number of hydrogen-bond acceptors (Lipinski definition) is 3. The standard InChI is InChI=1S/C25H24O4S2/c1-15(2)29-31(28)25-17(4)14-19-10-6-8-12-21(19)23(25)22-20-11-7-5-9-18(20)13-16(3)24(22)30(26)27/h5-15H,1-4H3,(H,26,27). The first kappa shape index (κ1) is 21.8. The van der Waals surface area contributed by atoms with Crippen LogP contribution in [-0.4, -0.2) is 19.1 Å². The minimum atomic E-state index is -2.23. The fourth-order valence-corrected chi connectivity index (χ4v) is 5.96. The van der Waals surface area contributed by atoms with E-state index in [1.165, 1.54) is 0 Å². The van der Waals surface area contributed by atoms with Gasteiger partial charge in [-0.15, -0.1) is 0 Å². The maximum atomic E-state index is 13.4. The molecule has 2 unspecified atom stereocenters. The van der Waals surface area contributed by atoms with Gasteiger partial charge in [-0.2, -0.15) is 0 Å². The molecule has 0 aliphatic carbocycles. The highest BCUT2D eigenvalue weighted by molar-refractivity contribution is 7.80. The van der Waals surface area contributed by atoms with Crippen molar-refractivity contribution in [1.29, 1.82) is 0 Å². The molecule has 0 amide bonds. The normalized spacial score (nSPS) is 13.7. The van der Waals surface area contributed by atoms with E-state index in [1.807, 2.05) is 88.4 Å². The van der Waals surface area contributed by atoms with E-state index in [0.717, 1.165) is 27.1 Å². The van der Waals surface area contributed by atoms with Gasteiger partial charge in [-0.25, -0.2) is 8.42 Å². The predicted molar refractivity (Wildman–Crippen MR) is 128 cm³/mol. The third-order valence-electron chi connectivity index (χ3n) is 5.25. The first-order chi connectivity index (χ1) is 14.8. The van der Waals surface area contributed by atoms with Crippen LogP contribution in [0.1, 0.15) is 25.0 Å². The highest BCUT2D eigenvalue weighted by Gasteiger charge is 2.26. The van der Waals surface area contributed by atoms with Crippen molar-refractivity contribution in [3.8, 4) is 11.1 Å². The van der Waals surface area contributed by atoms with Gasteiger partial charge in [-0.05, 0) is 60.4 Å². The highest BCUT2D eigenvalue weighted by atomic mass is 32.2. The summed E-state index contributed by atoms with van der Waals surface area (Å²) in [7, 11) is 0. The molecule has 0 fully saturated rings. The quantitative estimate of drug-likeness (QED) is 0.361. The molecule has 0 heterocycles. The summed E-state index contributed by atoms with van der Waals surface area (Å²) >= 11 is -3.97. The molecule has 160 valence electrons. The molecule has 6 heteroatoms. The molecule has 4 aromatic carbocycles.